The Kier molecular flexibility index (Phi) is 8.94. The fourth-order valence-corrected chi connectivity index (χ4v) is 7.95. The third-order valence-electron chi connectivity index (χ3n) is 7.07. The molecule has 4 rings (SSSR count). The first-order valence-corrected chi connectivity index (χ1v) is 14.6. The molecule has 0 unspecified atom stereocenters. The summed E-state index contributed by atoms with van der Waals surface area (Å²) in [6, 6.07) is 3.16. The van der Waals surface area contributed by atoms with Crippen molar-refractivity contribution in [1.82, 2.24) is 14.7 Å². The van der Waals surface area contributed by atoms with Gasteiger partial charge in [0, 0.05) is 43.2 Å². The summed E-state index contributed by atoms with van der Waals surface area (Å²) in [5.74, 6) is -1.29. The highest BCUT2D eigenvalue weighted by molar-refractivity contribution is 7.89. The van der Waals surface area contributed by atoms with Gasteiger partial charge in [-0.2, -0.15) is 4.31 Å². The highest BCUT2D eigenvalue weighted by Gasteiger charge is 2.47. The first-order valence-electron chi connectivity index (χ1n) is 11.8. The molecule has 3 aliphatic rings. The lowest BCUT2D eigenvalue weighted by Gasteiger charge is -2.40. The number of carbonyl (C=O) groups is 2. The van der Waals surface area contributed by atoms with Crippen molar-refractivity contribution in [2.75, 3.05) is 45.1 Å². The molecule has 37 heavy (non-hydrogen) atoms. The van der Waals surface area contributed by atoms with Crippen molar-refractivity contribution >= 4 is 62.4 Å². The maximum atomic E-state index is 13.4. The summed E-state index contributed by atoms with van der Waals surface area (Å²) < 4.78 is 38.7. The number of benzene rings is 1. The second kappa shape index (κ2) is 11.6. The van der Waals surface area contributed by atoms with Crippen molar-refractivity contribution in [3.8, 4) is 0 Å². The lowest BCUT2D eigenvalue weighted by molar-refractivity contribution is -0.141. The van der Waals surface area contributed by atoms with Gasteiger partial charge in [0.2, 0.25) is 10.0 Å². The van der Waals surface area contributed by atoms with Crippen LogP contribution >= 0.6 is 34.8 Å². The quantitative estimate of drug-likeness (QED) is 0.380. The van der Waals surface area contributed by atoms with Gasteiger partial charge in [-0.1, -0.05) is 40.9 Å². The molecule has 0 saturated carbocycles. The number of hydrogen-bond acceptors (Lipinski definition) is 7. The largest absolute Gasteiger partial charge is 0.444 e. The zero-order valence-corrected chi connectivity index (χ0v) is 23.0. The highest BCUT2D eigenvalue weighted by atomic mass is 35.5. The number of likely N-dealkylation sites (tertiary alicyclic amines) is 1. The van der Waals surface area contributed by atoms with Crippen LogP contribution in [-0.4, -0.2) is 86.1 Å². The average Bonchev–Trinajstić information content (AvgIpc) is 3.36. The van der Waals surface area contributed by atoms with Crippen LogP contribution in [-0.2, 0) is 24.3 Å². The van der Waals surface area contributed by atoms with Crippen LogP contribution in [0.2, 0.25) is 15.1 Å². The number of sulfonamides is 1. The van der Waals surface area contributed by atoms with Crippen molar-refractivity contribution in [2.24, 2.45) is 5.41 Å². The first kappa shape index (κ1) is 28.4. The second-order valence-electron chi connectivity index (χ2n) is 9.42. The molecule has 0 bridgehead atoms. The van der Waals surface area contributed by atoms with E-state index in [1.807, 2.05) is 0 Å². The van der Waals surface area contributed by atoms with Gasteiger partial charge < -0.3 is 14.4 Å². The van der Waals surface area contributed by atoms with Crippen LogP contribution in [0.15, 0.2) is 18.2 Å². The molecule has 1 aromatic carbocycles. The summed E-state index contributed by atoms with van der Waals surface area (Å²) in [6.45, 7) is 1.35. The minimum absolute atomic E-state index is 0.0554. The Morgan fingerprint density at radius 2 is 1.84 bits per heavy atom. The molecule has 0 spiro atoms. The molecule has 1 atom stereocenters. The van der Waals surface area contributed by atoms with Gasteiger partial charge in [-0.25, -0.2) is 18.7 Å². The molecule has 1 aromatic rings. The number of ether oxygens (including phenoxy) is 2. The number of hydroxylamine groups is 1. The van der Waals surface area contributed by atoms with E-state index in [4.69, 9.17) is 44.3 Å². The van der Waals surface area contributed by atoms with Crippen LogP contribution in [0.4, 0.5) is 4.79 Å². The van der Waals surface area contributed by atoms with Crippen LogP contribution < -0.4 is 5.48 Å². The number of nitrogens with zero attached hydrogens (tertiary/aromatic N) is 2. The van der Waals surface area contributed by atoms with E-state index in [1.54, 1.807) is 23.7 Å². The molecule has 2 amide bonds. The highest BCUT2D eigenvalue weighted by Crippen LogP contribution is 2.38. The standard InChI is InChI=1S/C23H28Cl3N3O7S/c24-16-11-18(25)20(19(26)12-16)15-1-6-29(7-2-15)37(33,34)14-23(21(30)27-32)4-8-28(9-5-23)22(31)36-17-3-10-35-13-17/h1,11-12,17,32H,2-10,13-14H2,(H,27,30)/t17-/m0/s1. The Morgan fingerprint density at radius 1 is 1.16 bits per heavy atom. The second-order valence-corrected chi connectivity index (χ2v) is 12.6. The Balaban J connectivity index is 1.43. The van der Waals surface area contributed by atoms with Gasteiger partial charge in [-0.3, -0.25) is 10.0 Å². The van der Waals surface area contributed by atoms with Crippen molar-refractivity contribution in [3.63, 3.8) is 0 Å². The fourth-order valence-electron chi connectivity index (χ4n) is 4.92. The lowest BCUT2D eigenvalue weighted by atomic mass is 9.79. The molecule has 204 valence electrons. The van der Waals surface area contributed by atoms with E-state index in [1.165, 1.54) is 9.21 Å². The van der Waals surface area contributed by atoms with Crippen LogP contribution in [0.1, 0.15) is 31.2 Å². The molecular weight excluding hydrogens is 569 g/mol. The Hall–Kier alpha value is -1.60. The monoisotopic (exact) mass is 595 g/mol. The number of hydrogen-bond donors (Lipinski definition) is 2. The number of nitrogens with one attached hydrogen (secondary N) is 1. The van der Waals surface area contributed by atoms with Gasteiger partial charge in [-0.15, -0.1) is 0 Å². The van der Waals surface area contributed by atoms with Crippen LogP contribution in [0.5, 0.6) is 0 Å². The van der Waals surface area contributed by atoms with Gasteiger partial charge in [0.05, 0.1) is 34.4 Å². The summed E-state index contributed by atoms with van der Waals surface area (Å²) in [7, 11) is -3.91. The van der Waals surface area contributed by atoms with E-state index in [2.05, 4.69) is 0 Å². The van der Waals surface area contributed by atoms with E-state index in [0.717, 1.165) is 5.57 Å². The number of carbonyl (C=O) groups excluding carboxylic acids is 2. The van der Waals surface area contributed by atoms with Crippen molar-refractivity contribution in [3.05, 3.63) is 38.8 Å². The van der Waals surface area contributed by atoms with Crippen LogP contribution in [0.25, 0.3) is 5.57 Å². The summed E-state index contributed by atoms with van der Waals surface area (Å²) >= 11 is 18.6. The summed E-state index contributed by atoms with van der Waals surface area (Å²) in [4.78, 5) is 26.6. The molecular formula is C23H28Cl3N3O7S. The van der Waals surface area contributed by atoms with Crippen molar-refractivity contribution in [2.45, 2.75) is 31.8 Å². The van der Waals surface area contributed by atoms with Crippen molar-refractivity contribution < 1.29 is 32.7 Å². The topological polar surface area (TPSA) is 125 Å². The molecule has 0 aliphatic carbocycles. The maximum absolute atomic E-state index is 13.4. The number of piperidine rings is 1. The van der Waals surface area contributed by atoms with Gasteiger partial charge in [0.1, 0.15) is 6.10 Å². The number of amides is 2. The van der Waals surface area contributed by atoms with Gasteiger partial charge in [-0.05, 0) is 37.0 Å². The predicted octanol–water partition coefficient (Wildman–Crippen LogP) is 3.58. The summed E-state index contributed by atoms with van der Waals surface area (Å²) in [6.07, 6.45) is 2.01. The molecule has 2 fully saturated rings. The zero-order chi connectivity index (χ0) is 26.8. The van der Waals surface area contributed by atoms with Crippen LogP contribution in [0, 0.1) is 5.41 Å². The van der Waals surface area contributed by atoms with Crippen molar-refractivity contribution in [1.29, 1.82) is 0 Å². The maximum Gasteiger partial charge on any atom is 0.410 e. The third kappa shape index (κ3) is 6.35. The van der Waals surface area contributed by atoms with Gasteiger partial charge in [0.25, 0.3) is 5.91 Å². The van der Waals surface area contributed by atoms with E-state index in [-0.39, 0.29) is 45.1 Å². The summed E-state index contributed by atoms with van der Waals surface area (Å²) in [5, 5.41) is 10.5. The Bertz CT molecular complexity index is 1160. The molecule has 14 heteroatoms. The zero-order valence-electron chi connectivity index (χ0n) is 19.9. The lowest BCUT2D eigenvalue weighted by Crippen LogP contribution is -2.54. The minimum atomic E-state index is -3.91. The Labute approximate surface area is 230 Å². The van der Waals surface area contributed by atoms with E-state index in [9.17, 15) is 23.2 Å². The predicted molar refractivity (Wildman–Crippen MR) is 138 cm³/mol. The van der Waals surface area contributed by atoms with E-state index in [0.29, 0.717) is 46.7 Å². The molecule has 0 aromatic heterocycles. The van der Waals surface area contributed by atoms with Gasteiger partial charge in [0.15, 0.2) is 0 Å². The molecule has 2 N–H and O–H groups in total. The molecule has 10 nitrogen and oxygen atoms in total. The SMILES string of the molecule is O=C(O[C@H]1CCOC1)N1CCC(CS(=O)(=O)N2CC=C(c3c(Cl)cc(Cl)cc3Cl)CC2)(C(=O)NO)CC1. The number of halogens is 3. The average molecular weight is 597 g/mol. The third-order valence-corrected chi connectivity index (χ3v) is 9.92. The molecule has 3 aliphatic heterocycles. The normalized spacial score (nSPS) is 22.4. The number of rotatable bonds is 6. The Morgan fingerprint density at radius 3 is 2.38 bits per heavy atom. The molecule has 3 heterocycles. The fraction of sp³-hybridized carbons (Fsp3) is 0.565. The first-order chi connectivity index (χ1) is 17.5. The van der Waals surface area contributed by atoms with Crippen LogP contribution in [0.3, 0.4) is 0 Å². The summed E-state index contributed by atoms with van der Waals surface area (Å²) in [5.41, 5.74) is 1.65. The van der Waals surface area contributed by atoms with E-state index >= 15 is 0 Å². The smallest absolute Gasteiger partial charge is 0.410 e. The minimum Gasteiger partial charge on any atom is -0.444 e. The molecule has 2 saturated heterocycles. The molecule has 0 radical (unpaired) electrons. The van der Waals surface area contributed by atoms with E-state index < -0.39 is 33.2 Å². The van der Waals surface area contributed by atoms with Gasteiger partial charge >= 0.3 is 6.09 Å².